The molecule has 0 aromatic carbocycles. The highest BCUT2D eigenvalue weighted by Crippen LogP contribution is 2.29. The fraction of sp³-hybridized carbons (Fsp3) is 0.500. The van der Waals surface area contributed by atoms with Gasteiger partial charge in [-0.2, -0.15) is 0 Å². The lowest BCUT2D eigenvalue weighted by molar-refractivity contribution is 1.01. The van der Waals surface area contributed by atoms with Gasteiger partial charge in [-0.25, -0.2) is 4.98 Å². The van der Waals surface area contributed by atoms with Gasteiger partial charge < -0.3 is 4.90 Å². The predicted octanol–water partition coefficient (Wildman–Crippen LogP) is 2.57. The number of aromatic nitrogens is 1. The van der Waals surface area contributed by atoms with E-state index >= 15 is 0 Å². The first kappa shape index (κ1) is 10.4. The maximum atomic E-state index is 4.37. The maximum Gasteiger partial charge on any atom is 0.120 e. The van der Waals surface area contributed by atoms with Crippen LogP contribution in [0.2, 0.25) is 0 Å². The van der Waals surface area contributed by atoms with Gasteiger partial charge in [0, 0.05) is 20.3 Å². The molecule has 0 spiro atoms. The summed E-state index contributed by atoms with van der Waals surface area (Å²) in [5.74, 6) is 1.07. The third-order valence-corrected chi connectivity index (χ3v) is 2.68. The number of thioether (sulfide) groups is 1. The van der Waals surface area contributed by atoms with Crippen molar-refractivity contribution in [3.05, 3.63) is 17.8 Å². The zero-order chi connectivity index (χ0) is 9.84. The average molecular weight is 196 g/mol. The Bertz CT molecular complexity index is 284. The minimum Gasteiger partial charge on any atom is -0.375 e. The zero-order valence-corrected chi connectivity index (χ0v) is 9.48. The minimum atomic E-state index is 1.07. The molecule has 0 aliphatic heterocycles. The molecule has 0 unspecified atom stereocenters. The third kappa shape index (κ3) is 2.37. The van der Waals surface area contributed by atoms with E-state index in [2.05, 4.69) is 43.9 Å². The van der Waals surface area contributed by atoms with Gasteiger partial charge in [-0.1, -0.05) is 6.92 Å². The van der Waals surface area contributed by atoms with Crippen molar-refractivity contribution in [3.63, 3.8) is 0 Å². The van der Waals surface area contributed by atoms with Crippen LogP contribution in [0, 0.1) is 6.92 Å². The summed E-state index contributed by atoms with van der Waals surface area (Å²) in [5, 5.41) is 1.13. The zero-order valence-electron chi connectivity index (χ0n) is 8.66. The van der Waals surface area contributed by atoms with Crippen LogP contribution in [0.4, 0.5) is 5.69 Å². The maximum absolute atomic E-state index is 4.37. The van der Waals surface area contributed by atoms with Crippen LogP contribution in [-0.2, 0) is 0 Å². The van der Waals surface area contributed by atoms with Gasteiger partial charge in [-0.3, -0.25) is 0 Å². The molecule has 72 valence electrons. The van der Waals surface area contributed by atoms with Crippen molar-refractivity contribution in [2.75, 3.05) is 24.7 Å². The molecule has 0 amide bonds. The highest BCUT2D eigenvalue weighted by Gasteiger charge is 2.07. The van der Waals surface area contributed by atoms with Gasteiger partial charge in [0.15, 0.2) is 0 Å². The van der Waals surface area contributed by atoms with E-state index in [1.165, 1.54) is 11.3 Å². The van der Waals surface area contributed by atoms with E-state index in [-0.39, 0.29) is 0 Å². The van der Waals surface area contributed by atoms with Crippen LogP contribution in [0.5, 0.6) is 0 Å². The highest BCUT2D eigenvalue weighted by molar-refractivity contribution is 7.99. The van der Waals surface area contributed by atoms with Gasteiger partial charge in [0.2, 0.25) is 0 Å². The molecular weight excluding hydrogens is 180 g/mol. The molecule has 1 rings (SSSR count). The van der Waals surface area contributed by atoms with Crippen molar-refractivity contribution in [3.8, 4) is 0 Å². The summed E-state index contributed by atoms with van der Waals surface area (Å²) in [6.45, 7) is 4.27. The van der Waals surface area contributed by atoms with E-state index in [0.29, 0.717) is 0 Å². The fourth-order valence-corrected chi connectivity index (χ4v) is 2.20. The molecule has 1 aromatic rings. The van der Waals surface area contributed by atoms with Gasteiger partial charge in [0.05, 0.1) is 5.69 Å². The predicted molar refractivity (Wildman–Crippen MR) is 59.7 cm³/mol. The van der Waals surface area contributed by atoms with Gasteiger partial charge in [0.25, 0.3) is 0 Å². The lowest BCUT2D eigenvalue weighted by atomic mass is 10.2. The Kier molecular flexibility index (Phi) is 3.60. The van der Waals surface area contributed by atoms with Gasteiger partial charge >= 0.3 is 0 Å². The second-order valence-corrected chi connectivity index (χ2v) is 4.36. The van der Waals surface area contributed by atoms with Gasteiger partial charge in [-0.05, 0) is 24.3 Å². The Balaban J connectivity index is 3.10. The van der Waals surface area contributed by atoms with Crippen molar-refractivity contribution < 1.29 is 0 Å². The van der Waals surface area contributed by atoms with E-state index < -0.39 is 0 Å². The first-order chi connectivity index (χ1) is 6.16. The summed E-state index contributed by atoms with van der Waals surface area (Å²) in [6.07, 6.45) is 1.88. The standard InChI is InChI=1S/C10H16N2S/c1-5-13-10-9(12(3)4)8(2)6-7-11-10/h6-7H,5H2,1-4H3. The first-order valence-electron chi connectivity index (χ1n) is 4.42. The van der Waals surface area contributed by atoms with Crippen LogP contribution >= 0.6 is 11.8 Å². The Hall–Kier alpha value is -0.700. The quantitative estimate of drug-likeness (QED) is 0.691. The monoisotopic (exact) mass is 196 g/mol. The third-order valence-electron chi connectivity index (χ3n) is 1.82. The minimum absolute atomic E-state index is 1.07. The van der Waals surface area contributed by atoms with Gasteiger partial charge in [-0.15, -0.1) is 11.8 Å². The van der Waals surface area contributed by atoms with E-state index in [9.17, 15) is 0 Å². The summed E-state index contributed by atoms with van der Waals surface area (Å²) < 4.78 is 0. The molecule has 0 aliphatic carbocycles. The lowest BCUT2D eigenvalue weighted by Gasteiger charge is -2.18. The molecule has 2 nitrogen and oxygen atoms in total. The van der Waals surface area contributed by atoms with E-state index in [0.717, 1.165) is 10.8 Å². The highest BCUT2D eigenvalue weighted by atomic mass is 32.2. The van der Waals surface area contributed by atoms with Crippen molar-refractivity contribution in [2.45, 2.75) is 18.9 Å². The smallest absolute Gasteiger partial charge is 0.120 e. The molecule has 0 atom stereocenters. The Morgan fingerprint density at radius 1 is 1.46 bits per heavy atom. The number of nitrogens with zero attached hydrogens (tertiary/aromatic N) is 2. The van der Waals surface area contributed by atoms with E-state index in [4.69, 9.17) is 0 Å². The number of pyridine rings is 1. The number of anilines is 1. The van der Waals surface area contributed by atoms with Crippen LogP contribution in [0.15, 0.2) is 17.3 Å². The molecule has 0 aliphatic rings. The molecule has 13 heavy (non-hydrogen) atoms. The second-order valence-electron chi connectivity index (χ2n) is 3.11. The molecular formula is C10H16N2S. The van der Waals surface area contributed by atoms with E-state index in [1.807, 2.05) is 6.20 Å². The average Bonchev–Trinajstić information content (AvgIpc) is 2.04. The molecule has 1 aromatic heterocycles. The number of aryl methyl sites for hydroxylation is 1. The Morgan fingerprint density at radius 2 is 2.15 bits per heavy atom. The molecule has 1 heterocycles. The van der Waals surface area contributed by atoms with Crippen molar-refractivity contribution in [2.24, 2.45) is 0 Å². The summed E-state index contributed by atoms with van der Waals surface area (Å²) in [4.78, 5) is 6.50. The normalized spacial score (nSPS) is 10.2. The lowest BCUT2D eigenvalue weighted by Crippen LogP contribution is -2.12. The van der Waals surface area contributed by atoms with E-state index in [1.54, 1.807) is 11.8 Å². The number of hydrogen-bond acceptors (Lipinski definition) is 3. The molecule has 0 bridgehead atoms. The van der Waals surface area contributed by atoms with Crippen molar-refractivity contribution in [1.82, 2.24) is 4.98 Å². The molecule has 3 heteroatoms. The molecule has 0 saturated heterocycles. The van der Waals surface area contributed by atoms with Crippen LogP contribution in [0.25, 0.3) is 0 Å². The summed E-state index contributed by atoms with van der Waals surface area (Å²) in [5.41, 5.74) is 2.53. The van der Waals surface area contributed by atoms with Crippen molar-refractivity contribution >= 4 is 17.4 Å². The van der Waals surface area contributed by atoms with Crippen LogP contribution in [0.1, 0.15) is 12.5 Å². The molecule has 0 fully saturated rings. The van der Waals surface area contributed by atoms with Crippen molar-refractivity contribution in [1.29, 1.82) is 0 Å². The summed E-state index contributed by atoms with van der Waals surface area (Å²) >= 11 is 1.79. The first-order valence-corrected chi connectivity index (χ1v) is 5.41. The number of rotatable bonds is 3. The Morgan fingerprint density at radius 3 is 2.69 bits per heavy atom. The number of hydrogen-bond donors (Lipinski definition) is 0. The second kappa shape index (κ2) is 4.51. The SMILES string of the molecule is CCSc1nccc(C)c1N(C)C. The molecule has 0 radical (unpaired) electrons. The molecule has 0 N–H and O–H groups in total. The summed E-state index contributed by atoms with van der Waals surface area (Å²) in [7, 11) is 4.12. The van der Waals surface area contributed by atoms with Gasteiger partial charge in [0.1, 0.15) is 5.03 Å². The van der Waals surface area contributed by atoms with Crippen LogP contribution in [0.3, 0.4) is 0 Å². The fourth-order valence-electron chi connectivity index (χ4n) is 1.31. The summed E-state index contributed by atoms with van der Waals surface area (Å²) in [6, 6.07) is 2.05. The topological polar surface area (TPSA) is 16.1 Å². The van der Waals surface area contributed by atoms with Crippen LogP contribution < -0.4 is 4.90 Å². The van der Waals surface area contributed by atoms with Crippen LogP contribution in [-0.4, -0.2) is 24.8 Å². The largest absolute Gasteiger partial charge is 0.375 e. The Labute approximate surface area is 84.4 Å². The molecule has 0 saturated carbocycles.